The fraction of sp³-hybridized carbons (Fsp3) is 0.217. The number of pyridine rings is 1. The fourth-order valence-electron chi connectivity index (χ4n) is 3.74. The molecule has 0 fully saturated rings. The highest BCUT2D eigenvalue weighted by Gasteiger charge is 2.47. The number of hydrogen-bond donors (Lipinski definition) is 0. The second kappa shape index (κ2) is 8.00. The van der Waals surface area contributed by atoms with Crippen molar-refractivity contribution in [3.8, 4) is 11.6 Å². The predicted octanol–water partition coefficient (Wildman–Crippen LogP) is 2.59. The highest BCUT2D eigenvalue weighted by molar-refractivity contribution is 6.45. The number of rotatable bonds is 5. The third kappa shape index (κ3) is 3.41. The first-order valence-corrected chi connectivity index (χ1v) is 10.4. The number of carbonyl (C=O) groups is 2. The van der Waals surface area contributed by atoms with Gasteiger partial charge in [-0.3, -0.25) is 14.5 Å². The summed E-state index contributed by atoms with van der Waals surface area (Å²) in [7, 11) is 0. The van der Waals surface area contributed by atoms with Crippen LogP contribution in [0.15, 0.2) is 54.9 Å². The van der Waals surface area contributed by atoms with E-state index in [1.807, 2.05) is 13.0 Å². The Hall–Kier alpha value is -3.45. The summed E-state index contributed by atoms with van der Waals surface area (Å²) in [4.78, 5) is 27.8. The van der Waals surface area contributed by atoms with E-state index < -0.39 is 17.7 Å². The Morgan fingerprint density at radius 1 is 1.10 bits per heavy atom. The molecular formula is C23H21ClN4O3. The number of hydrogen-bond acceptors (Lipinski definition) is 4. The van der Waals surface area contributed by atoms with Crippen LogP contribution in [0.25, 0.3) is 17.0 Å². The molecule has 0 unspecified atom stereocenters. The minimum Gasteiger partial charge on any atom is -0.858 e. The molecule has 1 aliphatic rings. The molecule has 0 radical (unpaired) electrons. The van der Waals surface area contributed by atoms with Gasteiger partial charge < -0.3 is 5.11 Å². The number of carbonyl (C=O) groups excluding carboxylic acids is 2. The number of aryl methyl sites for hydroxylation is 1. The fourth-order valence-corrected chi connectivity index (χ4v) is 3.93. The van der Waals surface area contributed by atoms with Crippen LogP contribution >= 0.6 is 11.6 Å². The lowest BCUT2D eigenvalue weighted by Gasteiger charge is -2.18. The topological polar surface area (TPSA) is 82.1 Å². The van der Waals surface area contributed by atoms with Gasteiger partial charge in [0, 0.05) is 28.8 Å². The molecule has 7 nitrogen and oxygen atoms in total. The maximum absolute atomic E-state index is 13.5. The van der Waals surface area contributed by atoms with Gasteiger partial charge in [0.15, 0.2) is 12.4 Å². The largest absolute Gasteiger partial charge is 0.858 e. The van der Waals surface area contributed by atoms with Gasteiger partial charge in [-0.2, -0.15) is 9.67 Å². The molecule has 0 atom stereocenters. The number of halogens is 1. The zero-order chi connectivity index (χ0) is 22.3. The number of nitrogens with zero attached hydrogens (tertiary/aromatic N) is 4. The van der Waals surface area contributed by atoms with Gasteiger partial charge in [-0.1, -0.05) is 30.7 Å². The van der Waals surface area contributed by atoms with Gasteiger partial charge in [0.1, 0.15) is 5.57 Å². The number of aromatic nitrogens is 3. The van der Waals surface area contributed by atoms with Gasteiger partial charge in [-0.25, -0.2) is 4.68 Å². The summed E-state index contributed by atoms with van der Waals surface area (Å²) in [6.07, 6.45) is 3.78. The van der Waals surface area contributed by atoms with Crippen molar-refractivity contribution in [3.05, 3.63) is 71.1 Å². The minimum atomic E-state index is -0.496. The molecular weight excluding hydrogens is 416 g/mol. The van der Waals surface area contributed by atoms with E-state index in [0.717, 1.165) is 0 Å². The van der Waals surface area contributed by atoms with Crippen LogP contribution in [0.3, 0.4) is 0 Å². The second-order valence-electron chi connectivity index (χ2n) is 7.45. The Kier molecular flexibility index (Phi) is 5.37. The number of amides is 2. The van der Waals surface area contributed by atoms with Gasteiger partial charge in [-0.15, -0.1) is 0 Å². The highest BCUT2D eigenvalue weighted by Crippen LogP contribution is 2.37. The maximum atomic E-state index is 13.5. The predicted molar refractivity (Wildman–Crippen MR) is 114 cm³/mol. The average Bonchev–Trinajstić information content (AvgIpc) is 3.21. The van der Waals surface area contributed by atoms with Crippen LogP contribution in [0.1, 0.15) is 32.0 Å². The van der Waals surface area contributed by atoms with Gasteiger partial charge in [0.05, 0.1) is 11.4 Å². The first kappa shape index (κ1) is 20.8. The number of imide groups is 1. The van der Waals surface area contributed by atoms with Gasteiger partial charge in [-0.05, 0) is 44.3 Å². The van der Waals surface area contributed by atoms with E-state index in [-0.39, 0.29) is 22.9 Å². The second-order valence-corrected chi connectivity index (χ2v) is 7.89. The third-order valence-electron chi connectivity index (χ3n) is 5.13. The molecule has 0 N–H and O–H groups in total. The molecule has 3 aromatic rings. The SMILES string of the molecule is CCc1nn(-c2cccc(Cl)c2)c([O-])c1C1=C([n+]2ccccc2)C(=O)N(C(C)C)C1=O. The molecule has 3 heterocycles. The zero-order valence-corrected chi connectivity index (χ0v) is 18.1. The standard InChI is InChI=1S/C23H21ClN4O3/c1-4-17-18(22(30)28(25-17)16-10-8-9-15(24)13-16)19-20(26-11-6-5-7-12-26)23(31)27(14(2)3)21(19)29/h5-14H,4H2,1-3H3. The minimum absolute atomic E-state index is 0.0741. The smallest absolute Gasteiger partial charge is 0.327 e. The quantitative estimate of drug-likeness (QED) is 0.454. The molecule has 2 amide bonds. The van der Waals surface area contributed by atoms with Crippen molar-refractivity contribution < 1.29 is 19.3 Å². The summed E-state index contributed by atoms with van der Waals surface area (Å²) < 4.78 is 2.81. The van der Waals surface area contributed by atoms with E-state index in [1.165, 1.54) is 9.58 Å². The lowest BCUT2D eigenvalue weighted by Crippen LogP contribution is -2.42. The summed E-state index contributed by atoms with van der Waals surface area (Å²) >= 11 is 6.09. The molecule has 0 saturated heterocycles. The van der Waals surface area contributed by atoms with E-state index in [1.54, 1.807) is 67.2 Å². The number of benzene rings is 1. The molecule has 4 rings (SSSR count). The molecule has 31 heavy (non-hydrogen) atoms. The van der Waals surface area contributed by atoms with Crippen LogP contribution in [-0.4, -0.2) is 32.5 Å². The summed E-state index contributed by atoms with van der Waals surface area (Å²) in [6, 6.07) is 11.7. The normalized spacial score (nSPS) is 14.3. The van der Waals surface area contributed by atoms with Crippen molar-refractivity contribution >= 4 is 34.7 Å². The van der Waals surface area contributed by atoms with Crippen LogP contribution in [-0.2, 0) is 16.0 Å². The van der Waals surface area contributed by atoms with Crippen molar-refractivity contribution in [1.29, 1.82) is 0 Å². The van der Waals surface area contributed by atoms with Crippen LogP contribution in [0.4, 0.5) is 0 Å². The van der Waals surface area contributed by atoms with Gasteiger partial charge in [0.25, 0.3) is 11.6 Å². The summed E-state index contributed by atoms with van der Waals surface area (Å²) in [5, 5.41) is 18.4. The first-order valence-electron chi connectivity index (χ1n) is 9.99. The van der Waals surface area contributed by atoms with E-state index in [9.17, 15) is 14.7 Å². The molecule has 1 aliphatic heterocycles. The zero-order valence-electron chi connectivity index (χ0n) is 17.4. The average molecular weight is 437 g/mol. The van der Waals surface area contributed by atoms with Crippen LogP contribution in [0.2, 0.25) is 5.02 Å². The lowest BCUT2D eigenvalue weighted by atomic mass is 10.0. The van der Waals surface area contributed by atoms with E-state index in [4.69, 9.17) is 11.6 Å². The third-order valence-corrected chi connectivity index (χ3v) is 5.37. The van der Waals surface area contributed by atoms with Crippen molar-refractivity contribution in [2.45, 2.75) is 33.2 Å². The van der Waals surface area contributed by atoms with E-state index in [2.05, 4.69) is 5.10 Å². The molecule has 0 aliphatic carbocycles. The molecule has 158 valence electrons. The lowest BCUT2D eigenvalue weighted by molar-refractivity contribution is -0.576. The van der Waals surface area contributed by atoms with Gasteiger partial charge >= 0.3 is 5.91 Å². The molecule has 0 spiro atoms. The Bertz CT molecular complexity index is 1210. The monoisotopic (exact) mass is 436 g/mol. The summed E-state index contributed by atoms with van der Waals surface area (Å²) in [6.45, 7) is 5.38. The van der Waals surface area contributed by atoms with Crippen LogP contribution < -0.4 is 9.67 Å². The van der Waals surface area contributed by atoms with Crippen LogP contribution in [0.5, 0.6) is 5.88 Å². The van der Waals surface area contributed by atoms with Crippen molar-refractivity contribution in [1.82, 2.24) is 14.7 Å². The van der Waals surface area contributed by atoms with E-state index in [0.29, 0.717) is 22.8 Å². The van der Waals surface area contributed by atoms with Crippen molar-refractivity contribution in [2.75, 3.05) is 0 Å². The molecule has 0 bridgehead atoms. The van der Waals surface area contributed by atoms with E-state index >= 15 is 0 Å². The van der Waals surface area contributed by atoms with Crippen molar-refractivity contribution in [3.63, 3.8) is 0 Å². The Balaban J connectivity index is 2.01. The Morgan fingerprint density at radius 2 is 1.81 bits per heavy atom. The van der Waals surface area contributed by atoms with Crippen molar-refractivity contribution in [2.24, 2.45) is 0 Å². The summed E-state index contributed by atoms with van der Waals surface area (Å²) in [5.74, 6) is -1.40. The molecule has 1 aromatic carbocycles. The van der Waals surface area contributed by atoms with Gasteiger partial charge in [0.2, 0.25) is 0 Å². The highest BCUT2D eigenvalue weighted by atomic mass is 35.5. The maximum Gasteiger partial charge on any atom is 0.327 e. The molecule has 0 saturated carbocycles. The molecule has 2 aromatic heterocycles. The molecule has 8 heteroatoms. The Morgan fingerprint density at radius 3 is 2.42 bits per heavy atom. The first-order chi connectivity index (χ1) is 14.8. The Labute approximate surface area is 184 Å². The summed E-state index contributed by atoms with van der Waals surface area (Å²) in [5.41, 5.74) is 1.31. The van der Waals surface area contributed by atoms with Crippen LogP contribution in [0, 0.1) is 0 Å².